The van der Waals surface area contributed by atoms with Gasteiger partial charge >= 0.3 is 0 Å². The molecule has 0 bridgehead atoms. The normalized spacial score (nSPS) is 10.8. The zero-order valence-corrected chi connectivity index (χ0v) is 13.6. The van der Waals surface area contributed by atoms with E-state index in [0.717, 1.165) is 28.2 Å². The molecule has 0 saturated carbocycles. The van der Waals surface area contributed by atoms with Gasteiger partial charge in [0.05, 0.1) is 17.8 Å². The minimum atomic E-state index is -0.491. The van der Waals surface area contributed by atoms with Crippen LogP contribution in [0.1, 0.15) is 27.4 Å². The third-order valence-electron chi connectivity index (χ3n) is 4.21. The highest BCUT2D eigenvalue weighted by Crippen LogP contribution is 2.32. The Labute approximate surface area is 139 Å². The van der Waals surface area contributed by atoms with Crippen LogP contribution in [0.5, 0.6) is 0 Å². The van der Waals surface area contributed by atoms with Gasteiger partial charge in [-0.25, -0.2) is 4.39 Å². The third kappa shape index (κ3) is 2.80. The number of aromatic nitrogens is 2. The van der Waals surface area contributed by atoms with Crippen LogP contribution in [0.2, 0.25) is 0 Å². The molecule has 0 atom stereocenters. The molecule has 0 fully saturated rings. The number of carbonyl (C=O) groups is 1. The van der Waals surface area contributed by atoms with Gasteiger partial charge in [0.1, 0.15) is 5.82 Å². The monoisotopic (exact) mass is 323 g/mol. The lowest BCUT2D eigenvalue weighted by Gasteiger charge is -2.09. The molecular formula is C19H18FN3O. The van der Waals surface area contributed by atoms with E-state index in [4.69, 9.17) is 5.73 Å². The summed E-state index contributed by atoms with van der Waals surface area (Å²) >= 11 is 0. The summed E-state index contributed by atoms with van der Waals surface area (Å²) in [5.41, 5.74) is 10.2. The quantitative estimate of drug-likeness (QED) is 0.799. The van der Waals surface area contributed by atoms with Crippen LogP contribution in [-0.2, 0) is 6.54 Å². The Morgan fingerprint density at radius 1 is 1.12 bits per heavy atom. The summed E-state index contributed by atoms with van der Waals surface area (Å²) in [7, 11) is 0. The second-order valence-electron chi connectivity index (χ2n) is 5.70. The molecule has 0 aliphatic carbocycles. The summed E-state index contributed by atoms with van der Waals surface area (Å²) in [6.45, 7) is 4.34. The molecule has 24 heavy (non-hydrogen) atoms. The molecule has 2 heterocycles. The lowest BCUT2D eigenvalue weighted by Crippen LogP contribution is -2.13. The summed E-state index contributed by atoms with van der Waals surface area (Å²) in [6, 6.07) is 11.8. The minimum Gasteiger partial charge on any atom is -0.366 e. The Morgan fingerprint density at radius 2 is 1.83 bits per heavy atom. The molecule has 0 radical (unpaired) electrons. The Bertz CT molecular complexity index is 883. The molecule has 2 N–H and O–H groups in total. The fraction of sp³-hybridized carbons (Fsp3) is 0.158. The van der Waals surface area contributed by atoms with Crippen molar-refractivity contribution in [3.8, 4) is 11.1 Å². The van der Waals surface area contributed by atoms with Crippen LogP contribution in [0.15, 0.2) is 48.7 Å². The van der Waals surface area contributed by atoms with Crippen molar-refractivity contribution in [1.82, 2.24) is 9.55 Å². The lowest BCUT2D eigenvalue weighted by atomic mass is 10.00. The minimum absolute atomic E-state index is 0.318. The molecule has 122 valence electrons. The summed E-state index contributed by atoms with van der Waals surface area (Å²) in [4.78, 5) is 16.4. The molecule has 2 aromatic heterocycles. The topological polar surface area (TPSA) is 60.9 Å². The van der Waals surface area contributed by atoms with Crippen molar-refractivity contribution in [2.45, 2.75) is 20.4 Å². The Morgan fingerprint density at radius 3 is 2.42 bits per heavy atom. The number of nitrogens with two attached hydrogens (primary N) is 1. The number of hydrogen-bond acceptors (Lipinski definition) is 2. The van der Waals surface area contributed by atoms with Crippen LogP contribution in [0.3, 0.4) is 0 Å². The highest BCUT2D eigenvalue weighted by molar-refractivity contribution is 6.02. The van der Waals surface area contributed by atoms with Gasteiger partial charge in [0, 0.05) is 23.1 Å². The fourth-order valence-corrected chi connectivity index (χ4v) is 3.05. The first-order chi connectivity index (χ1) is 11.5. The van der Waals surface area contributed by atoms with Crippen LogP contribution in [0.4, 0.5) is 4.39 Å². The van der Waals surface area contributed by atoms with E-state index in [1.165, 1.54) is 12.1 Å². The highest BCUT2D eigenvalue weighted by atomic mass is 19.1. The third-order valence-corrected chi connectivity index (χ3v) is 4.21. The molecule has 0 aliphatic heterocycles. The second-order valence-corrected chi connectivity index (χ2v) is 5.70. The number of benzene rings is 1. The molecule has 0 saturated heterocycles. The van der Waals surface area contributed by atoms with E-state index in [-0.39, 0.29) is 5.82 Å². The molecule has 5 heteroatoms. The average molecular weight is 323 g/mol. The van der Waals surface area contributed by atoms with E-state index in [2.05, 4.69) is 4.98 Å². The summed E-state index contributed by atoms with van der Waals surface area (Å²) in [5.74, 6) is -0.809. The maximum atomic E-state index is 13.2. The number of hydrogen-bond donors (Lipinski definition) is 1. The van der Waals surface area contributed by atoms with Gasteiger partial charge in [-0.1, -0.05) is 18.2 Å². The second kappa shape index (κ2) is 6.28. The first kappa shape index (κ1) is 15.9. The zero-order chi connectivity index (χ0) is 17.3. The molecule has 0 spiro atoms. The molecule has 4 nitrogen and oxygen atoms in total. The van der Waals surface area contributed by atoms with Crippen molar-refractivity contribution in [3.63, 3.8) is 0 Å². The number of rotatable bonds is 4. The van der Waals surface area contributed by atoms with Crippen LogP contribution < -0.4 is 5.73 Å². The van der Waals surface area contributed by atoms with Gasteiger partial charge in [0.15, 0.2) is 0 Å². The maximum absolute atomic E-state index is 13.2. The van der Waals surface area contributed by atoms with Crippen LogP contribution in [0, 0.1) is 19.7 Å². The van der Waals surface area contributed by atoms with Gasteiger partial charge in [0.25, 0.3) is 5.91 Å². The van der Waals surface area contributed by atoms with Crippen LogP contribution >= 0.6 is 0 Å². The van der Waals surface area contributed by atoms with Gasteiger partial charge in [0.2, 0.25) is 0 Å². The van der Waals surface area contributed by atoms with Crippen LogP contribution in [-0.4, -0.2) is 15.5 Å². The van der Waals surface area contributed by atoms with Crippen molar-refractivity contribution < 1.29 is 9.18 Å². The fourth-order valence-electron chi connectivity index (χ4n) is 3.05. The Hall–Kier alpha value is -2.95. The summed E-state index contributed by atoms with van der Waals surface area (Å²) in [6.07, 6.45) is 1.74. The van der Waals surface area contributed by atoms with Crippen molar-refractivity contribution in [2.24, 2.45) is 5.73 Å². The van der Waals surface area contributed by atoms with E-state index in [9.17, 15) is 9.18 Å². The van der Waals surface area contributed by atoms with E-state index in [1.54, 1.807) is 18.3 Å². The largest absolute Gasteiger partial charge is 0.366 e. The van der Waals surface area contributed by atoms with Gasteiger partial charge in [-0.2, -0.15) is 0 Å². The molecule has 1 aromatic carbocycles. The molecule has 0 aliphatic rings. The number of nitrogens with zero attached hydrogens (tertiary/aromatic N) is 2. The predicted octanol–water partition coefficient (Wildman–Crippen LogP) is 3.45. The van der Waals surface area contributed by atoms with E-state index >= 15 is 0 Å². The number of pyridine rings is 1. The van der Waals surface area contributed by atoms with Gasteiger partial charge in [-0.15, -0.1) is 0 Å². The number of amides is 1. The molecule has 1 amide bonds. The van der Waals surface area contributed by atoms with Gasteiger partial charge in [-0.3, -0.25) is 9.78 Å². The van der Waals surface area contributed by atoms with Crippen molar-refractivity contribution >= 4 is 5.91 Å². The smallest absolute Gasteiger partial charge is 0.251 e. The molecule has 0 unspecified atom stereocenters. The molecule has 3 rings (SSSR count). The molecular weight excluding hydrogens is 305 g/mol. The Kier molecular flexibility index (Phi) is 4.16. The van der Waals surface area contributed by atoms with Crippen molar-refractivity contribution in [2.75, 3.05) is 0 Å². The SMILES string of the molecule is Cc1c(C(N)=O)c(-c2ccc(F)cc2)c(C)n1Cc1ccccn1. The van der Waals surface area contributed by atoms with Crippen molar-refractivity contribution in [3.05, 3.63) is 77.1 Å². The van der Waals surface area contributed by atoms with Crippen molar-refractivity contribution in [1.29, 1.82) is 0 Å². The number of halogens is 1. The van der Waals surface area contributed by atoms with Crippen LogP contribution in [0.25, 0.3) is 11.1 Å². The highest BCUT2D eigenvalue weighted by Gasteiger charge is 2.22. The maximum Gasteiger partial charge on any atom is 0.251 e. The number of primary amides is 1. The average Bonchev–Trinajstić information content (AvgIpc) is 2.81. The zero-order valence-electron chi connectivity index (χ0n) is 13.6. The lowest BCUT2D eigenvalue weighted by molar-refractivity contribution is 0.1000. The molecule has 3 aromatic rings. The van der Waals surface area contributed by atoms with Gasteiger partial charge in [-0.05, 0) is 43.7 Å². The Balaban J connectivity index is 2.16. The van der Waals surface area contributed by atoms with E-state index < -0.39 is 5.91 Å². The standard InChI is InChI=1S/C19H18FN3O/c1-12-17(14-6-8-15(20)9-7-14)18(19(21)24)13(2)23(12)11-16-5-3-4-10-22-16/h3-10H,11H2,1-2H3,(H2,21,24). The summed E-state index contributed by atoms with van der Waals surface area (Å²) < 4.78 is 15.2. The van der Waals surface area contributed by atoms with Gasteiger partial charge < -0.3 is 10.3 Å². The van der Waals surface area contributed by atoms with E-state index in [1.807, 2.05) is 36.6 Å². The summed E-state index contributed by atoms with van der Waals surface area (Å²) in [5, 5.41) is 0. The predicted molar refractivity (Wildman–Crippen MR) is 91.2 cm³/mol. The number of carbonyl (C=O) groups excluding carboxylic acids is 1. The first-order valence-electron chi connectivity index (χ1n) is 7.64. The van der Waals surface area contributed by atoms with E-state index in [0.29, 0.717) is 12.1 Å². The first-order valence-corrected chi connectivity index (χ1v) is 7.64.